The number of aromatic nitrogens is 1. The molecule has 0 radical (unpaired) electrons. The van der Waals surface area contributed by atoms with Crippen LogP contribution in [0.2, 0.25) is 0 Å². The lowest BCUT2D eigenvalue weighted by Crippen LogP contribution is -2.12. The van der Waals surface area contributed by atoms with Crippen LogP contribution in [-0.2, 0) is 6.42 Å². The lowest BCUT2D eigenvalue weighted by Gasteiger charge is -2.12. The van der Waals surface area contributed by atoms with Crippen molar-refractivity contribution in [1.82, 2.24) is 4.98 Å². The first kappa shape index (κ1) is 18.5. The molecule has 0 atom stereocenters. The molecule has 0 aliphatic rings. The fourth-order valence-electron chi connectivity index (χ4n) is 2.73. The van der Waals surface area contributed by atoms with E-state index in [1.165, 1.54) is 5.56 Å². The third-order valence-corrected chi connectivity index (χ3v) is 4.25. The number of nitrogens with zero attached hydrogens (tertiary/aromatic N) is 1. The molecule has 0 aliphatic carbocycles. The minimum atomic E-state index is -0.202. The van der Waals surface area contributed by atoms with Gasteiger partial charge in [-0.3, -0.25) is 9.78 Å². The molecule has 0 spiro atoms. The Kier molecular flexibility index (Phi) is 5.71. The molecule has 0 fully saturated rings. The molecule has 3 aromatic rings. The SMILES string of the molecule is CCc1ccc(NC(=O)c2cncc(Nc3cc(C)ccc3OC)c2)cc1. The van der Waals surface area contributed by atoms with Crippen LogP contribution in [0, 0.1) is 6.92 Å². The van der Waals surface area contributed by atoms with Gasteiger partial charge >= 0.3 is 0 Å². The Morgan fingerprint density at radius 2 is 1.81 bits per heavy atom. The van der Waals surface area contributed by atoms with Crippen LogP contribution >= 0.6 is 0 Å². The van der Waals surface area contributed by atoms with Crippen molar-refractivity contribution in [1.29, 1.82) is 0 Å². The zero-order chi connectivity index (χ0) is 19.2. The van der Waals surface area contributed by atoms with Gasteiger partial charge in [0.1, 0.15) is 5.75 Å². The molecule has 0 unspecified atom stereocenters. The summed E-state index contributed by atoms with van der Waals surface area (Å²) in [5.74, 6) is 0.526. The Hall–Kier alpha value is -3.34. The minimum Gasteiger partial charge on any atom is -0.495 e. The number of nitrogens with one attached hydrogen (secondary N) is 2. The molecule has 0 aliphatic heterocycles. The molecular formula is C22H23N3O2. The van der Waals surface area contributed by atoms with E-state index in [-0.39, 0.29) is 5.91 Å². The summed E-state index contributed by atoms with van der Waals surface area (Å²) in [6.45, 7) is 4.11. The molecular weight excluding hydrogens is 338 g/mol. The predicted molar refractivity (Wildman–Crippen MR) is 109 cm³/mol. The van der Waals surface area contributed by atoms with Crippen LogP contribution in [0.1, 0.15) is 28.4 Å². The molecule has 0 saturated heterocycles. The third-order valence-electron chi connectivity index (χ3n) is 4.25. The average molecular weight is 361 g/mol. The van der Waals surface area contributed by atoms with E-state index in [1.54, 1.807) is 25.6 Å². The van der Waals surface area contributed by atoms with E-state index in [4.69, 9.17) is 4.74 Å². The topological polar surface area (TPSA) is 63.2 Å². The Morgan fingerprint density at radius 3 is 2.52 bits per heavy atom. The smallest absolute Gasteiger partial charge is 0.257 e. The number of pyridine rings is 1. The van der Waals surface area contributed by atoms with Crippen LogP contribution in [0.4, 0.5) is 17.1 Å². The van der Waals surface area contributed by atoms with Gasteiger partial charge in [-0.2, -0.15) is 0 Å². The molecule has 0 saturated carbocycles. The van der Waals surface area contributed by atoms with Crippen molar-refractivity contribution in [3.8, 4) is 5.75 Å². The molecule has 2 aromatic carbocycles. The zero-order valence-corrected chi connectivity index (χ0v) is 15.7. The lowest BCUT2D eigenvalue weighted by molar-refractivity contribution is 0.102. The molecule has 5 nitrogen and oxygen atoms in total. The Labute approximate surface area is 159 Å². The van der Waals surface area contributed by atoms with E-state index in [1.807, 2.05) is 49.4 Å². The van der Waals surface area contributed by atoms with Gasteiger partial charge < -0.3 is 15.4 Å². The fourth-order valence-corrected chi connectivity index (χ4v) is 2.73. The highest BCUT2D eigenvalue weighted by Gasteiger charge is 2.09. The van der Waals surface area contributed by atoms with Gasteiger partial charge in [-0.25, -0.2) is 0 Å². The van der Waals surface area contributed by atoms with Crippen LogP contribution in [0.15, 0.2) is 60.9 Å². The number of benzene rings is 2. The number of anilines is 3. The van der Waals surface area contributed by atoms with Crippen LogP contribution in [0.3, 0.4) is 0 Å². The maximum Gasteiger partial charge on any atom is 0.257 e. The van der Waals surface area contributed by atoms with Crippen LogP contribution in [0.5, 0.6) is 5.75 Å². The van der Waals surface area contributed by atoms with Gasteiger partial charge in [-0.1, -0.05) is 25.1 Å². The minimum absolute atomic E-state index is 0.202. The summed E-state index contributed by atoms with van der Waals surface area (Å²) < 4.78 is 5.39. The maximum absolute atomic E-state index is 12.5. The van der Waals surface area contributed by atoms with Gasteiger partial charge in [0.25, 0.3) is 5.91 Å². The monoisotopic (exact) mass is 361 g/mol. The Bertz CT molecular complexity index is 937. The van der Waals surface area contributed by atoms with E-state index in [9.17, 15) is 4.79 Å². The number of hydrogen-bond donors (Lipinski definition) is 2. The van der Waals surface area contributed by atoms with E-state index < -0.39 is 0 Å². The first-order chi connectivity index (χ1) is 13.1. The molecule has 2 N–H and O–H groups in total. The van der Waals surface area contributed by atoms with Crippen LogP contribution < -0.4 is 15.4 Å². The first-order valence-electron chi connectivity index (χ1n) is 8.86. The number of methoxy groups -OCH3 is 1. The summed E-state index contributed by atoms with van der Waals surface area (Å²) in [6, 6.07) is 15.5. The quantitative estimate of drug-likeness (QED) is 0.651. The van der Waals surface area contributed by atoms with Crippen molar-refractivity contribution in [2.45, 2.75) is 20.3 Å². The first-order valence-corrected chi connectivity index (χ1v) is 8.86. The number of ether oxygens (including phenoxy) is 1. The number of aryl methyl sites for hydroxylation is 2. The number of amides is 1. The molecule has 138 valence electrons. The Balaban J connectivity index is 1.76. The van der Waals surface area contributed by atoms with E-state index >= 15 is 0 Å². The van der Waals surface area contributed by atoms with Crippen molar-refractivity contribution in [3.63, 3.8) is 0 Å². The van der Waals surface area contributed by atoms with E-state index in [0.717, 1.165) is 29.1 Å². The lowest BCUT2D eigenvalue weighted by atomic mass is 10.1. The summed E-state index contributed by atoms with van der Waals surface area (Å²) in [5.41, 5.74) is 5.12. The molecule has 3 rings (SSSR count). The number of hydrogen-bond acceptors (Lipinski definition) is 4. The zero-order valence-electron chi connectivity index (χ0n) is 15.7. The van der Waals surface area contributed by atoms with Crippen LogP contribution in [-0.4, -0.2) is 18.0 Å². The average Bonchev–Trinajstić information content (AvgIpc) is 2.69. The van der Waals surface area contributed by atoms with Crippen molar-refractivity contribution in [3.05, 3.63) is 77.6 Å². The van der Waals surface area contributed by atoms with Crippen molar-refractivity contribution >= 4 is 23.0 Å². The molecule has 1 heterocycles. The highest BCUT2D eigenvalue weighted by atomic mass is 16.5. The van der Waals surface area contributed by atoms with Gasteiger partial charge in [0.05, 0.1) is 30.2 Å². The second-order valence-electron chi connectivity index (χ2n) is 6.30. The normalized spacial score (nSPS) is 10.3. The van der Waals surface area contributed by atoms with E-state index in [2.05, 4.69) is 22.5 Å². The highest BCUT2D eigenvalue weighted by Crippen LogP contribution is 2.28. The summed E-state index contributed by atoms with van der Waals surface area (Å²) >= 11 is 0. The van der Waals surface area contributed by atoms with E-state index in [0.29, 0.717) is 11.3 Å². The predicted octanol–water partition coefficient (Wildman–Crippen LogP) is 4.96. The molecule has 5 heteroatoms. The Morgan fingerprint density at radius 1 is 1.04 bits per heavy atom. The summed E-state index contributed by atoms with van der Waals surface area (Å²) in [5, 5.41) is 6.17. The summed E-state index contributed by atoms with van der Waals surface area (Å²) in [6.07, 6.45) is 4.19. The number of carbonyl (C=O) groups is 1. The van der Waals surface area contributed by atoms with Gasteiger partial charge in [0.2, 0.25) is 0 Å². The number of carbonyl (C=O) groups excluding carboxylic acids is 1. The third kappa shape index (κ3) is 4.64. The number of rotatable bonds is 6. The maximum atomic E-state index is 12.5. The highest BCUT2D eigenvalue weighted by molar-refractivity contribution is 6.04. The molecule has 1 aromatic heterocycles. The second kappa shape index (κ2) is 8.36. The summed E-state index contributed by atoms with van der Waals surface area (Å²) in [4.78, 5) is 16.7. The molecule has 27 heavy (non-hydrogen) atoms. The van der Waals surface area contributed by atoms with Gasteiger partial charge in [-0.05, 0) is 54.8 Å². The largest absolute Gasteiger partial charge is 0.495 e. The van der Waals surface area contributed by atoms with Gasteiger partial charge in [0.15, 0.2) is 0 Å². The molecule has 1 amide bonds. The van der Waals surface area contributed by atoms with Crippen molar-refractivity contribution in [2.24, 2.45) is 0 Å². The van der Waals surface area contributed by atoms with Crippen molar-refractivity contribution < 1.29 is 9.53 Å². The summed E-state index contributed by atoms with van der Waals surface area (Å²) in [7, 11) is 1.63. The standard InChI is InChI=1S/C22H23N3O2/c1-4-16-6-8-18(9-7-16)25-22(26)17-12-19(14-23-13-17)24-20-11-15(2)5-10-21(20)27-3/h5-14,24H,4H2,1-3H3,(H,25,26). The molecule has 0 bridgehead atoms. The van der Waals surface area contributed by atoms with Crippen molar-refractivity contribution in [2.75, 3.05) is 17.7 Å². The van der Waals surface area contributed by atoms with Gasteiger partial charge in [0, 0.05) is 11.9 Å². The van der Waals surface area contributed by atoms with Crippen LogP contribution in [0.25, 0.3) is 0 Å². The van der Waals surface area contributed by atoms with Gasteiger partial charge in [-0.15, -0.1) is 0 Å². The second-order valence-corrected chi connectivity index (χ2v) is 6.30. The fraction of sp³-hybridized carbons (Fsp3) is 0.182.